The molecule has 7 nitrogen and oxygen atoms in total. The van der Waals surface area contributed by atoms with E-state index in [0.29, 0.717) is 25.9 Å². The molecule has 0 radical (unpaired) electrons. The molecule has 1 aliphatic rings. The van der Waals surface area contributed by atoms with Crippen molar-refractivity contribution in [3.63, 3.8) is 0 Å². The van der Waals surface area contributed by atoms with Gasteiger partial charge in [0.2, 0.25) is 5.91 Å². The van der Waals surface area contributed by atoms with Crippen LogP contribution in [0.1, 0.15) is 54.0 Å². The van der Waals surface area contributed by atoms with Crippen molar-refractivity contribution in [2.75, 3.05) is 13.1 Å². The van der Waals surface area contributed by atoms with Gasteiger partial charge in [0, 0.05) is 25.0 Å². The van der Waals surface area contributed by atoms with E-state index in [2.05, 4.69) is 10.4 Å². The quantitative estimate of drug-likeness (QED) is 0.543. The Morgan fingerprint density at radius 3 is 2.33 bits per heavy atom. The van der Waals surface area contributed by atoms with E-state index < -0.39 is 23.4 Å². The molecule has 10 heteroatoms. The number of nitrogens with one attached hydrogen (secondary N) is 1. The van der Waals surface area contributed by atoms with E-state index in [1.165, 1.54) is 30.7 Å². The van der Waals surface area contributed by atoms with Crippen molar-refractivity contribution in [3.05, 3.63) is 46.8 Å². The summed E-state index contributed by atoms with van der Waals surface area (Å²) in [5, 5.41) is 6.93. The van der Waals surface area contributed by atoms with Gasteiger partial charge in [-0.05, 0) is 44.9 Å². The van der Waals surface area contributed by atoms with Gasteiger partial charge in [0.05, 0.1) is 28.2 Å². The van der Waals surface area contributed by atoms with E-state index in [4.69, 9.17) is 0 Å². The predicted octanol–water partition coefficient (Wildman–Crippen LogP) is 3.45. The van der Waals surface area contributed by atoms with Gasteiger partial charge in [-0.25, -0.2) is 4.68 Å². The second-order valence-corrected chi connectivity index (χ2v) is 8.56. The van der Waals surface area contributed by atoms with Gasteiger partial charge in [-0.1, -0.05) is 19.9 Å². The zero-order valence-corrected chi connectivity index (χ0v) is 19.0. The van der Waals surface area contributed by atoms with Crippen molar-refractivity contribution < 1.29 is 27.6 Å². The van der Waals surface area contributed by atoms with Crippen molar-refractivity contribution in [2.45, 2.75) is 52.8 Å². The van der Waals surface area contributed by atoms with Gasteiger partial charge in [0.15, 0.2) is 0 Å². The highest BCUT2D eigenvalue weighted by Crippen LogP contribution is 2.31. The van der Waals surface area contributed by atoms with Gasteiger partial charge >= 0.3 is 6.18 Å². The van der Waals surface area contributed by atoms with E-state index in [9.17, 15) is 27.6 Å². The second kappa shape index (κ2) is 9.36. The molecule has 1 aliphatic heterocycles. The number of nitrogens with zero attached hydrogens (tertiary/aromatic N) is 3. The van der Waals surface area contributed by atoms with Crippen LogP contribution in [0.5, 0.6) is 0 Å². The van der Waals surface area contributed by atoms with Crippen molar-refractivity contribution in [2.24, 2.45) is 5.92 Å². The Bertz CT molecular complexity index is 1070. The first-order valence-electron chi connectivity index (χ1n) is 10.8. The number of rotatable bonds is 5. The third-order valence-corrected chi connectivity index (χ3v) is 5.78. The number of Topliss-reactive ketones (excluding diaryl/α,β-unsaturated/α-hetero) is 1. The first-order chi connectivity index (χ1) is 15.4. The van der Waals surface area contributed by atoms with E-state index >= 15 is 0 Å². The van der Waals surface area contributed by atoms with E-state index in [1.807, 2.05) is 13.8 Å². The Morgan fingerprint density at radius 1 is 1.12 bits per heavy atom. The van der Waals surface area contributed by atoms with E-state index in [1.54, 1.807) is 4.90 Å². The fraction of sp³-hybridized carbons (Fsp3) is 0.478. The zero-order chi connectivity index (χ0) is 24.5. The third-order valence-electron chi connectivity index (χ3n) is 5.78. The van der Waals surface area contributed by atoms with Crippen molar-refractivity contribution in [1.82, 2.24) is 20.0 Å². The summed E-state index contributed by atoms with van der Waals surface area (Å²) in [6, 6.07) is 4.38. The number of aryl methyl sites for hydroxylation is 1. The average Bonchev–Trinajstić information content (AvgIpc) is 3.06. The summed E-state index contributed by atoms with van der Waals surface area (Å²) in [7, 11) is 0. The Kier molecular flexibility index (Phi) is 6.94. The van der Waals surface area contributed by atoms with E-state index in [-0.39, 0.29) is 40.5 Å². The van der Waals surface area contributed by atoms with Crippen LogP contribution in [0.4, 0.5) is 13.2 Å². The largest absolute Gasteiger partial charge is 0.416 e. The number of ketones is 1. The first-order valence-corrected chi connectivity index (χ1v) is 10.8. The highest BCUT2D eigenvalue weighted by atomic mass is 19.4. The molecule has 178 valence electrons. The number of carbonyl (C=O) groups is 3. The Balaban J connectivity index is 1.73. The van der Waals surface area contributed by atoms with Crippen LogP contribution >= 0.6 is 0 Å². The third kappa shape index (κ3) is 5.26. The molecule has 0 atom stereocenters. The fourth-order valence-electron chi connectivity index (χ4n) is 4.01. The number of amides is 2. The van der Waals surface area contributed by atoms with Gasteiger partial charge in [0.1, 0.15) is 0 Å². The number of likely N-dealkylation sites (tertiary alicyclic amines) is 1. The van der Waals surface area contributed by atoms with Gasteiger partial charge in [0.25, 0.3) is 11.7 Å². The van der Waals surface area contributed by atoms with E-state index in [0.717, 1.165) is 12.1 Å². The molecule has 3 rings (SSSR count). The molecule has 1 aromatic heterocycles. The van der Waals surface area contributed by atoms with Crippen LogP contribution in [0.2, 0.25) is 0 Å². The molecule has 2 aromatic rings. The zero-order valence-electron chi connectivity index (χ0n) is 19.0. The molecule has 0 unspecified atom stereocenters. The number of piperidine rings is 1. The normalized spacial score (nSPS) is 15.1. The summed E-state index contributed by atoms with van der Waals surface area (Å²) in [5.41, 5.74) is -0.0865. The van der Waals surface area contributed by atoms with Crippen LogP contribution < -0.4 is 5.32 Å². The molecule has 0 saturated carbocycles. The van der Waals surface area contributed by atoms with Gasteiger partial charge < -0.3 is 10.2 Å². The molecule has 0 aliphatic carbocycles. The molecule has 1 saturated heterocycles. The lowest BCUT2D eigenvalue weighted by molar-refractivity contribution is -0.137. The minimum absolute atomic E-state index is 0.0594. The molecule has 1 aromatic carbocycles. The van der Waals surface area contributed by atoms with Crippen molar-refractivity contribution in [3.8, 4) is 5.69 Å². The number of benzene rings is 1. The summed E-state index contributed by atoms with van der Waals surface area (Å²) in [4.78, 5) is 39.4. The minimum Gasteiger partial charge on any atom is -0.346 e. The molecular formula is C23H27F3N4O3. The minimum atomic E-state index is -4.51. The van der Waals surface area contributed by atoms with Crippen LogP contribution in [0.15, 0.2) is 24.3 Å². The maximum Gasteiger partial charge on any atom is 0.416 e. The average molecular weight is 464 g/mol. The topological polar surface area (TPSA) is 84.3 Å². The maximum atomic E-state index is 13.1. The van der Waals surface area contributed by atoms with Gasteiger partial charge in [-0.3, -0.25) is 14.4 Å². The Morgan fingerprint density at radius 2 is 1.76 bits per heavy atom. The summed E-state index contributed by atoms with van der Waals surface area (Å²) in [5.74, 6) is -1.62. The SMILES string of the molecule is Cc1nn(-c2cccc(C(F)(F)F)c2)c(C)c1C(=O)C(=O)NC1CCN(C(=O)C(C)C)CC1. The lowest BCUT2D eigenvalue weighted by Gasteiger charge is -2.33. The Hall–Kier alpha value is -3.17. The summed E-state index contributed by atoms with van der Waals surface area (Å²) in [6.45, 7) is 7.74. The monoisotopic (exact) mass is 464 g/mol. The first kappa shape index (κ1) is 24.5. The van der Waals surface area contributed by atoms with Crippen molar-refractivity contribution in [1.29, 1.82) is 0 Å². The molecule has 2 heterocycles. The number of aromatic nitrogens is 2. The summed E-state index contributed by atoms with van der Waals surface area (Å²) < 4.78 is 40.5. The Labute approximate surface area is 189 Å². The molecular weight excluding hydrogens is 437 g/mol. The van der Waals surface area contributed by atoms with Crippen LogP contribution in [-0.4, -0.2) is 51.4 Å². The maximum absolute atomic E-state index is 13.1. The summed E-state index contributed by atoms with van der Waals surface area (Å²) >= 11 is 0. The lowest BCUT2D eigenvalue weighted by atomic mass is 10.0. The van der Waals surface area contributed by atoms with Crippen LogP contribution in [0, 0.1) is 19.8 Å². The molecule has 0 bridgehead atoms. The molecule has 1 N–H and O–H groups in total. The number of alkyl halides is 3. The number of halogens is 3. The molecule has 33 heavy (non-hydrogen) atoms. The number of carbonyl (C=O) groups excluding carboxylic acids is 3. The highest BCUT2D eigenvalue weighted by Gasteiger charge is 2.32. The fourth-order valence-corrected chi connectivity index (χ4v) is 4.01. The smallest absolute Gasteiger partial charge is 0.346 e. The standard InChI is InChI=1S/C23H27F3N4O3/c1-13(2)22(33)29-10-8-17(9-11-29)27-21(32)20(31)19-14(3)28-30(15(19)4)18-7-5-6-16(12-18)23(24,25)26/h5-7,12-13,17H,8-11H2,1-4H3,(H,27,32). The van der Waals surface area contributed by atoms with Gasteiger partial charge in [-0.2, -0.15) is 18.3 Å². The van der Waals surface area contributed by atoms with Crippen molar-refractivity contribution >= 4 is 17.6 Å². The van der Waals surface area contributed by atoms with Crippen LogP contribution in [0.3, 0.4) is 0 Å². The number of hydrogen-bond donors (Lipinski definition) is 1. The lowest BCUT2D eigenvalue weighted by Crippen LogP contribution is -2.48. The van der Waals surface area contributed by atoms with Gasteiger partial charge in [-0.15, -0.1) is 0 Å². The van der Waals surface area contributed by atoms with Crippen LogP contribution in [-0.2, 0) is 15.8 Å². The second-order valence-electron chi connectivity index (χ2n) is 8.56. The summed E-state index contributed by atoms with van der Waals surface area (Å²) in [6.07, 6.45) is -3.43. The number of hydrogen-bond acceptors (Lipinski definition) is 4. The molecule has 2 amide bonds. The van der Waals surface area contributed by atoms with Crippen LogP contribution in [0.25, 0.3) is 5.69 Å². The molecule has 1 fully saturated rings. The molecule has 0 spiro atoms. The highest BCUT2D eigenvalue weighted by molar-refractivity contribution is 6.43. The predicted molar refractivity (Wildman–Crippen MR) is 115 cm³/mol.